The van der Waals surface area contributed by atoms with E-state index in [4.69, 9.17) is 15.2 Å². The SMILES string of the molecule is Nc1cccc2c1OCCn1nnnc1-2.O=C(Nc1cccc2c1OCCn1nnnc1-2)c1cc(-n2cnc(C3CC3)c2)ccn1. The average molecular weight is 618 g/mol. The minimum atomic E-state index is -0.328. The van der Waals surface area contributed by atoms with Crippen LogP contribution >= 0.6 is 0 Å². The van der Waals surface area contributed by atoms with Crippen LogP contribution in [0.1, 0.15) is 34.9 Å². The van der Waals surface area contributed by atoms with Crippen LogP contribution < -0.4 is 20.5 Å². The number of nitrogens with one attached hydrogen (secondary N) is 1. The quantitative estimate of drug-likeness (QED) is 0.275. The summed E-state index contributed by atoms with van der Waals surface area (Å²) in [5.74, 6) is 2.77. The van der Waals surface area contributed by atoms with Gasteiger partial charge in [-0.25, -0.2) is 14.3 Å². The van der Waals surface area contributed by atoms with E-state index in [1.54, 1.807) is 40.1 Å². The number of ether oxygens (including phenoxy) is 2. The highest BCUT2D eigenvalue weighted by atomic mass is 16.5. The lowest BCUT2D eigenvalue weighted by atomic mass is 10.1. The van der Waals surface area contributed by atoms with Crippen molar-refractivity contribution in [2.75, 3.05) is 24.3 Å². The van der Waals surface area contributed by atoms with E-state index >= 15 is 0 Å². The summed E-state index contributed by atoms with van der Waals surface area (Å²) < 4.78 is 16.8. The summed E-state index contributed by atoms with van der Waals surface area (Å²) in [6.45, 7) is 2.09. The Morgan fingerprint density at radius 1 is 0.870 bits per heavy atom. The number of fused-ring (bicyclic) bond motifs is 6. The van der Waals surface area contributed by atoms with Gasteiger partial charge >= 0.3 is 0 Å². The number of aromatic nitrogens is 11. The van der Waals surface area contributed by atoms with Crippen molar-refractivity contribution in [3.63, 3.8) is 0 Å². The van der Waals surface area contributed by atoms with Gasteiger partial charge in [-0.1, -0.05) is 12.1 Å². The van der Waals surface area contributed by atoms with Crippen LogP contribution in [0.2, 0.25) is 0 Å². The highest BCUT2D eigenvalue weighted by Gasteiger charge is 2.26. The van der Waals surface area contributed by atoms with Crippen molar-refractivity contribution in [1.82, 2.24) is 54.9 Å². The first kappa shape index (κ1) is 27.4. The number of anilines is 2. The molecule has 0 atom stereocenters. The van der Waals surface area contributed by atoms with E-state index in [0.717, 1.165) is 22.5 Å². The van der Waals surface area contributed by atoms with Crippen LogP contribution in [0.15, 0.2) is 67.3 Å². The molecule has 2 aromatic carbocycles. The fourth-order valence-corrected chi connectivity index (χ4v) is 5.38. The zero-order chi connectivity index (χ0) is 31.0. The molecule has 1 fully saturated rings. The van der Waals surface area contributed by atoms with Crippen LogP contribution in [-0.2, 0) is 13.1 Å². The number of para-hydroxylation sites is 2. The van der Waals surface area contributed by atoms with Gasteiger partial charge in [0.25, 0.3) is 5.91 Å². The van der Waals surface area contributed by atoms with E-state index < -0.39 is 0 Å². The van der Waals surface area contributed by atoms with Crippen LogP contribution in [0.5, 0.6) is 11.5 Å². The lowest BCUT2D eigenvalue weighted by Gasteiger charge is -2.13. The molecule has 230 valence electrons. The monoisotopic (exact) mass is 617 g/mol. The van der Waals surface area contributed by atoms with E-state index in [-0.39, 0.29) is 5.91 Å². The molecule has 1 amide bonds. The van der Waals surface area contributed by atoms with Gasteiger partial charge in [0, 0.05) is 18.3 Å². The zero-order valence-corrected chi connectivity index (χ0v) is 24.4. The molecule has 4 aromatic heterocycles. The third kappa shape index (κ3) is 5.14. The summed E-state index contributed by atoms with van der Waals surface area (Å²) >= 11 is 0. The summed E-state index contributed by atoms with van der Waals surface area (Å²) in [7, 11) is 0. The molecule has 1 aliphatic carbocycles. The number of nitrogen functional groups attached to an aromatic ring is 1. The Morgan fingerprint density at radius 3 is 2.30 bits per heavy atom. The summed E-state index contributed by atoms with van der Waals surface area (Å²) in [5.41, 5.74) is 10.8. The molecule has 6 aromatic rings. The van der Waals surface area contributed by atoms with Crippen LogP contribution in [0.3, 0.4) is 0 Å². The molecule has 3 N–H and O–H groups in total. The number of rotatable bonds is 4. The number of carbonyl (C=O) groups excluding carboxylic acids is 1. The fourth-order valence-electron chi connectivity index (χ4n) is 5.38. The van der Waals surface area contributed by atoms with Gasteiger partial charge < -0.3 is 25.1 Å². The Bertz CT molecular complexity index is 2060. The fraction of sp³-hybridized carbons (Fsp3) is 0.233. The first-order valence-corrected chi connectivity index (χ1v) is 14.7. The zero-order valence-electron chi connectivity index (χ0n) is 24.4. The van der Waals surface area contributed by atoms with Crippen LogP contribution in [-0.4, -0.2) is 74.1 Å². The Balaban J connectivity index is 0.000000174. The van der Waals surface area contributed by atoms with Crippen LogP contribution in [0.4, 0.5) is 11.4 Å². The third-order valence-electron chi connectivity index (χ3n) is 7.83. The van der Waals surface area contributed by atoms with Crippen LogP contribution in [0, 0.1) is 0 Å². The first-order chi connectivity index (χ1) is 22.6. The number of hydrogen-bond acceptors (Lipinski definition) is 12. The Morgan fingerprint density at radius 2 is 1.57 bits per heavy atom. The topological polar surface area (TPSA) is 191 Å². The van der Waals surface area contributed by atoms with Crippen molar-refractivity contribution in [2.45, 2.75) is 31.8 Å². The lowest BCUT2D eigenvalue weighted by Crippen LogP contribution is -2.15. The molecule has 6 heterocycles. The van der Waals surface area contributed by atoms with E-state index in [9.17, 15) is 4.79 Å². The van der Waals surface area contributed by atoms with Crippen LogP contribution in [0.25, 0.3) is 28.5 Å². The number of nitrogens with zero attached hydrogens (tertiary/aromatic N) is 11. The minimum absolute atomic E-state index is 0.301. The van der Waals surface area contributed by atoms with Gasteiger partial charge in [-0.15, -0.1) is 10.2 Å². The molecule has 1 saturated carbocycles. The largest absolute Gasteiger partial charge is 0.489 e. The molecule has 0 saturated heterocycles. The molecule has 16 heteroatoms. The van der Waals surface area contributed by atoms with Crippen molar-refractivity contribution >= 4 is 17.3 Å². The molecule has 0 radical (unpaired) electrons. The number of imidazole rings is 1. The Labute approximate surface area is 261 Å². The van der Waals surface area contributed by atoms with E-state index in [1.807, 2.05) is 41.1 Å². The first-order valence-electron chi connectivity index (χ1n) is 14.7. The number of amides is 1. The molecule has 0 bridgehead atoms. The Hall–Kier alpha value is -6.19. The highest BCUT2D eigenvalue weighted by Crippen LogP contribution is 2.39. The lowest BCUT2D eigenvalue weighted by molar-refractivity contribution is 0.102. The molecule has 46 heavy (non-hydrogen) atoms. The highest BCUT2D eigenvalue weighted by molar-refractivity contribution is 6.04. The van der Waals surface area contributed by atoms with Gasteiger partial charge in [0.2, 0.25) is 0 Å². The van der Waals surface area contributed by atoms with Crippen molar-refractivity contribution in [3.8, 4) is 40.0 Å². The summed E-state index contributed by atoms with van der Waals surface area (Å²) in [6, 6.07) is 14.7. The summed E-state index contributed by atoms with van der Waals surface area (Å²) in [5, 5.41) is 26.2. The second-order valence-corrected chi connectivity index (χ2v) is 10.9. The molecular formula is C30H27N13O3. The summed E-state index contributed by atoms with van der Waals surface area (Å²) in [6.07, 6.45) is 7.80. The third-order valence-corrected chi connectivity index (χ3v) is 7.83. The number of pyridine rings is 1. The van der Waals surface area contributed by atoms with Gasteiger partial charge in [-0.2, -0.15) is 0 Å². The number of benzene rings is 2. The minimum Gasteiger partial charge on any atom is -0.489 e. The normalized spacial score (nSPS) is 14.4. The van der Waals surface area contributed by atoms with Gasteiger partial charge in [0.05, 0.1) is 53.3 Å². The predicted molar refractivity (Wildman–Crippen MR) is 163 cm³/mol. The molecule has 0 unspecified atom stereocenters. The second-order valence-electron chi connectivity index (χ2n) is 10.9. The molecule has 2 aliphatic heterocycles. The van der Waals surface area contributed by atoms with Crippen molar-refractivity contribution in [1.29, 1.82) is 0 Å². The molecule has 16 nitrogen and oxygen atoms in total. The van der Waals surface area contributed by atoms with Gasteiger partial charge in [0.1, 0.15) is 18.9 Å². The number of carbonyl (C=O) groups is 1. The maximum Gasteiger partial charge on any atom is 0.274 e. The molecule has 9 rings (SSSR count). The van der Waals surface area contributed by atoms with Crippen molar-refractivity contribution in [2.24, 2.45) is 0 Å². The van der Waals surface area contributed by atoms with Crippen molar-refractivity contribution < 1.29 is 14.3 Å². The Kier molecular flexibility index (Phi) is 6.77. The maximum atomic E-state index is 13.0. The smallest absolute Gasteiger partial charge is 0.274 e. The van der Waals surface area contributed by atoms with E-state index in [1.165, 1.54) is 12.8 Å². The number of hydrogen-bond donors (Lipinski definition) is 2. The number of nitrogens with two attached hydrogens (primary N) is 1. The predicted octanol–water partition coefficient (Wildman–Crippen LogP) is 2.76. The van der Waals surface area contributed by atoms with E-state index in [2.05, 4.69) is 46.3 Å². The standard InChI is InChI=1S/C21H18N8O2.C9H9N5O/c30-21(17-10-14(6-7-22-17)28-11-18(23-12-28)13-4-5-13)24-16-3-1-2-15-19(16)31-9-8-29-20(15)25-26-27-29;10-7-3-1-2-6-8(7)15-5-4-14-9(6)11-12-13-14/h1-3,6-7,10-13H,4-5,8-9H2,(H,24,30);1-3H,4-5,10H2. The van der Waals surface area contributed by atoms with Gasteiger partial charge in [0.15, 0.2) is 23.1 Å². The second kappa shape index (κ2) is 11.4. The van der Waals surface area contributed by atoms with Gasteiger partial charge in [-0.3, -0.25) is 9.78 Å². The maximum absolute atomic E-state index is 13.0. The average Bonchev–Trinajstić information content (AvgIpc) is 3.48. The summed E-state index contributed by atoms with van der Waals surface area (Å²) in [4.78, 5) is 21.7. The number of tetrazole rings is 2. The molecular weight excluding hydrogens is 590 g/mol. The van der Waals surface area contributed by atoms with Crippen molar-refractivity contribution in [3.05, 3.63) is 78.6 Å². The molecule has 0 spiro atoms. The molecule has 3 aliphatic rings. The van der Waals surface area contributed by atoms with E-state index in [0.29, 0.717) is 72.4 Å². The van der Waals surface area contributed by atoms with Gasteiger partial charge in [-0.05, 0) is 70.1 Å².